The molecule has 1 unspecified atom stereocenters. The number of carbonyl (C=O) groups excluding carboxylic acids is 1. The maximum Gasteiger partial charge on any atom is 0.225 e. The standard InChI is InChI=1S/C28H43N5O3S/c1-20-17-25(36-7)18-21(2)27(20)37(35)32(6)13-11-26(34)30-24-16-22(3)28(29-19-24)33-14-9-23(10-15-33)8-12-31(4)5/h16-19,23H,8-15H2,1-7H3,(H,30,34). The summed E-state index contributed by atoms with van der Waals surface area (Å²) in [6.07, 6.45) is 5.61. The number of aromatic nitrogens is 1. The zero-order valence-electron chi connectivity index (χ0n) is 23.5. The molecule has 1 aliphatic rings. The van der Waals surface area contributed by atoms with Gasteiger partial charge in [-0.3, -0.25) is 4.79 Å². The van der Waals surface area contributed by atoms with E-state index in [1.807, 2.05) is 39.0 Å². The molecule has 3 rings (SSSR count). The minimum absolute atomic E-state index is 0.123. The van der Waals surface area contributed by atoms with Crippen molar-refractivity contribution < 1.29 is 13.7 Å². The van der Waals surface area contributed by atoms with E-state index in [1.54, 1.807) is 24.7 Å². The van der Waals surface area contributed by atoms with Crippen molar-refractivity contribution >= 4 is 28.4 Å². The van der Waals surface area contributed by atoms with Gasteiger partial charge in [0.15, 0.2) is 0 Å². The second-order valence-corrected chi connectivity index (χ2v) is 11.9. The molecule has 0 spiro atoms. The van der Waals surface area contributed by atoms with Crippen molar-refractivity contribution in [1.29, 1.82) is 0 Å². The molecular weight excluding hydrogens is 486 g/mol. The quantitative estimate of drug-likeness (QED) is 0.471. The number of benzene rings is 1. The molecule has 8 nitrogen and oxygen atoms in total. The van der Waals surface area contributed by atoms with Gasteiger partial charge in [-0.2, -0.15) is 0 Å². The van der Waals surface area contributed by atoms with Crippen molar-refractivity contribution in [1.82, 2.24) is 14.2 Å². The summed E-state index contributed by atoms with van der Waals surface area (Å²) in [7, 11) is 6.29. The third-order valence-electron chi connectivity index (χ3n) is 7.01. The highest BCUT2D eigenvalue weighted by Crippen LogP contribution is 2.28. The topological polar surface area (TPSA) is 78.0 Å². The predicted octanol–water partition coefficient (Wildman–Crippen LogP) is 4.17. The van der Waals surface area contributed by atoms with Gasteiger partial charge in [0.1, 0.15) is 22.6 Å². The number of nitrogens with one attached hydrogen (secondary N) is 1. The lowest BCUT2D eigenvalue weighted by atomic mass is 9.93. The Kier molecular flexibility index (Phi) is 10.5. The molecule has 1 N–H and O–H groups in total. The van der Waals surface area contributed by atoms with Crippen molar-refractivity contribution in [3.05, 3.63) is 41.1 Å². The van der Waals surface area contributed by atoms with Gasteiger partial charge >= 0.3 is 0 Å². The highest BCUT2D eigenvalue weighted by Gasteiger charge is 2.22. The van der Waals surface area contributed by atoms with Gasteiger partial charge < -0.3 is 19.9 Å². The fourth-order valence-corrected chi connectivity index (χ4v) is 6.10. The van der Waals surface area contributed by atoms with Gasteiger partial charge in [-0.15, -0.1) is 0 Å². The van der Waals surface area contributed by atoms with Crippen LogP contribution in [0.25, 0.3) is 0 Å². The summed E-state index contributed by atoms with van der Waals surface area (Å²) in [4.78, 5) is 22.7. The summed E-state index contributed by atoms with van der Waals surface area (Å²) in [5, 5.41) is 2.95. The molecule has 1 atom stereocenters. The van der Waals surface area contributed by atoms with Gasteiger partial charge in [-0.1, -0.05) is 0 Å². The van der Waals surface area contributed by atoms with Crippen LogP contribution in [-0.2, 0) is 15.8 Å². The van der Waals surface area contributed by atoms with Crippen molar-refractivity contribution in [2.24, 2.45) is 5.92 Å². The first-order valence-electron chi connectivity index (χ1n) is 13.0. The molecule has 1 saturated heterocycles. The van der Waals surface area contributed by atoms with Gasteiger partial charge in [-0.05, 0) is 101 Å². The SMILES string of the molecule is COc1cc(C)c(S(=O)N(C)CCC(=O)Nc2cnc(N3CCC(CCN(C)C)CC3)c(C)c2)c(C)c1. The van der Waals surface area contributed by atoms with E-state index < -0.39 is 11.0 Å². The Balaban J connectivity index is 1.51. The fraction of sp³-hybridized carbons (Fsp3) is 0.571. The van der Waals surface area contributed by atoms with Crippen LogP contribution in [0.1, 0.15) is 42.4 Å². The number of hydrogen-bond acceptors (Lipinski definition) is 6. The molecule has 9 heteroatoms. The second kappa shape index (κ2) is 13.3. The molecular formula is C28H43N5O3S. The van der Waals surface area contributed by atoms with E-state index in [4.69, 9.17) is 4.74 Å². The summed E-state index contributed by atoms with van der Waals surface area (Å²) in [5.41, 5.74) is 3.57. The maximum atomic E-state index is 13.1. The number of hydrogen-bond donors (Lipinski definition) is 1. The largest absolute Gasteiger partial charge is 0.497 e. The normalized spacial score (nSPS) is 15.3. The van der Waals surface area contributed by atoms with Gasteiger partial charge in [0, 0.05) is 33.1 Å². The second-order valence-electron chi connectivity index (χ2n) is 10.4. The van der Waals surface area contributed by atoms with Crippen LogP contribution in [-0.4, -0.2) is 78.7 Å². The Morgan fingerprint density at radius 2 is 1.73 bits per heavy atom. The number of aryl methyl sites for hydroxylation is 3. The van der Waals surface area contributed by atoms with Crippen molar-refractivity contribution in [3.8, 4) is 5.75 Å². The first kappa shape index (κ1) is 29.1. The summed E-state index contributed by atoms with van der Waals surface area (Å²) < 4.78 is 20.1. The van der Waals surface area contributed by atoms with Crippen molar-refractivity contribution in [3.63, 3.8) is 0 Å². The summed E-state index contributed by atoms with van der Waals surface area (Å²) >= 11 is 0. The lowest BCUT2D eigenvalue weighted by molar-refractivity contribution is -0.116. The van der Waals surface area contributed by atoms with E-state index >= 15 is 0 Å². The Labute approximate surface area is 225 Å². The molecule has 0 bridgehead atoms. The highest BCUT2D eigenvalue weighted by atomic mass is 32.2. The first-order valence-corrected chi connectivity index (χ1v) is 14.1. The van der Waals surface area contributed by atoms with Crippen LogP contribution in [0.5, 0.6) is 5.75 Å². The number of piperidine rings is 1. The molecule has 1 aromatic heterocycles. The molecule has 2 heterocycles. The summed E-state index contributed by atoms with van der Waals surface area (Å²) in [5.74, 6) is 2.41. The number of amides is 1. The molecule has 0 aliphatic carbocycles. The van der Waals surface area contributed by atoms with Gasteiger partial charge in [0.25, 0.3) is 0 Å². The summed E-state index contributed by atoms with van der Waals surface area (Å²) in [6.45, 7) is 9.46. The average molecular weight is 530 g/mol. The number of nitrogens with zero attached hydrogens (tertiary/aromatic N) is 4. The van der Waals surface area contributed by atoms with E-state index in [-0.39, 0.29) is 12.3 Å². The van der Waals surface area contributed by atoms with E-state index in [1.165, 1.54) is 19.3 Å². The molecule has 37 heavy (non-hydrogen) atoms. The van der Waals surface area contributed by atoms with Gasteiger partial charge in [0.2, 0.25) is 5.91 Å². The molecule has 0 radical (unpaired) electrons. The minimum Gasteiger partial charge on any atom is -0.497 e. The summed E-state index contributed by atoms with van der Waals surface area (Å²) in [6, 6.07) is 5.75. The molecule has 1 aromatic carbocycles. The predicted molar refractivity (Wildman–Crippen MR) is 152 cm³/mol. The van der Waals surface area contributed by atoms with Crippen molar-refractivity contribution in [2.75, 3.05) is 64.6 Å². The Morgan fingerprint density at radius 1 is 1.08 bits per heavy atom. The van der Waals surface area contributed by atoms with Crippen LogP contribution < -0.4 is 15.0 Å². The van der Waals surface area contributed by atoms with Crippen LogP contribution in [0.2, 0.25) is 0 Å². The molecule has 1 fully saturated rings. The van der Waals surface area contributed by atoms with E-state index in [2.05, 4.69) is 34.2 Å². The van der Waals surface area contributed by atoms with Crippen LogP contribution in [0.15, 0.2) is 29.3 Å². The molecule has 1 amide bonds. The number of methoxy groups -OCH3 is 1. The Morgan fingerprint density at radius 3 is 2.30 bits per heavy atom. The molecule has 2 aromatic rings. The zero-order chi connectivity index (χ0) is 27.1. The van der Waals surface area contributed by atoms with E-state index in [0.717, 1.165) is 58.7 Å². The molecule has 0 saturated carbocycles. The van der Waals surface area contributed by atoms with Gasteiger partial charge in [-0.25, -0.2) is 13.5 Å². The smallest absolute Gasteiger partial charge is 0.225 e. The fourth-order valence-electron chi connectivity index (χ4n) is 4.87. The first-order chi connectivity index (χ1) is 17.6. The van der Waals surface area contributed by atoms with Crippen LogP contribution in [0.4, 0.5) is 11.5 Å². The molecule has 1 aliphatic heterocycles. The molecule has 204 valence electrons. The Bertz CT molecular complexity index is 1080. The van der Waals surface area contributed by atoms with Crippen LogP contribution in [0, 0.1) is 26.7 Å². The van der Waals surface area contributed by atoms with Crippen LogP contribution >= 0.6 is 0 Å². The average Bonchev–Trinajstić information content (AvgIpc) is 2.86. The lowest BCUT2D eigenvalue weighted by Gasteiger charge is -2.34. The number of pyridine rings is 1. The van der Waals surface area contributed by atoms with Crippen LogP contribution in [0.3, 0.4) is 0 Å². The third-order valence-corrected chi connectivity index (χ3v) is 8.76. The van der Waals surface area contributed by atoms with E-state index in [9.17, 15) is 9.00 Å². The number of anilines is 2. The Hall–Kier alpha value is -2.49. The van der Waals surface area contributed by atoms with Crippen molar-refractivity contribution in [2.45, 2.75) is 51.3 Å². The minimum atomic E-state index is -1.36. The third kappa shape index (κ3) is 7.99. The van der Waals surface area contributed by atoms with Gasteiger partial charge in [0.05, 0.1) is 23.9 Å². The number of carbonyl (C=O) groups is 1. The lowest BCUT2D eigenvalue weighted by Crippen LogP contribution is -2.35. The number of ether oxygens (including phenoxy) is 1. The monoisotopic (exact) mass is 529 g/mol. The highest BCUT2D eigenvalue weighted by molar-refractivity contribution is 7.82. The van der Waals surface area contributed by atoms with E-state index in [0.29, 0.717) is 12.2 Å². The maximum absolute atomic E-state index is 13.1. The number of rotatable bonds is 11. The zero-order valence-corrected chi connectivity index (χ0v) is 24.3.